The summed E-state index contributed by atoms with van der Waals surface area (Å²) >= 11 is 0. The van der Waals surface area contributed by atoms with Gasteiger partial charge in [0.15, 0.2) is 0 Å². The van der Waals surface area contributed by atoms with Crippen LogP contribution in [0.5, 0.6) is 5.75 Å². The van der Waals surface area contributed by atoms with Crippen molar-refractivity contribution in [3.8, 4) is 17.6 Å². The molecule has 1 N–H and O–H groups in total. The third kappa shape index (κ3) is 3.38. The van der Waals surface area contributed by atoms with Crippen molar-refractivity contribution >= 4 is 0 Å². The Morgan fingerprint density at radius 1 is 0.944 bits per heavy atom. The number of rotatable bonds is 3. The van der Waals surface area contributed by atoms with E-state index in [0.717, 1.165) is 16.9 Å². The van der Waals surface area contributed by atoms with Crippen LogP contribution >= 0.6 is 0 Å². The number of aliphatic hydroxyl groups is 1. The Labute approximate surface area is 107 Å². The smallest absolute Gasteiger partial charge is 0.119 e. The van der Waals surface area contributed by atoms with Gasteiger partial charge < -0.3 is 9.84 Å². The summed E-state index contributed by atoms with van der Waals surface area (Å²) in [6, 6.07) is 17.4. The van der Waals surface area contributed by atoms with E-state index < -0.39 is 0 Å². The van der Waals surface area contributed by atoms with Gasteiger partial charge in [-0.05, 0) is 18.2 Å². The van der Waals surface area contributed by atoms with E-state index in [1.165, 1.54) is 0 Å². The van der Waals surface area contributed by atoms with Crippen molar-refractivity contribution in [3.63, 3.8) is 0 Å². The van der Waals surface area contributed by atoms with Gasteiger partial charge in [-0.25, -0.2) is 0 Å². The van der Waals surface area contributed by atoms with Crippen LogP contribution in [-0.4, -0.2) is 11.7 Å². The molecule has 0 aliphatic heterocycles. The molecule has 0 radical (unpaired) electrons. The van der Waals surface area contributed by atoms with Crippen molar-refractivity contribution in [2.24, 2.45) is 0 Å². The van der Waals surface area contributed by atoms with Crippen molar-refractivity contribution in [1.29, 1.82) is 0 Å². The fourth-order valence-corrected chi connectivity index (χ4v) is 1.58. The van der Waals surface area contributed by atoms with E-state index >= 15 is 0 Å². The van der Waals surface area contributed by atoms with Crippen molar-refractivity contribution in [1.82, 2.24) is 0 Å². The lowest BCUT2D eigenvalue weighted by Gasteiger charge is -2.07. The van der Waals surface area contributed by atoms with Gasteiger partial charge in [0.2, 0.25) is 0 Å². The molecule has 0 saturated heterocycles. The molecule has 2 nitrogen and oxygen atoms in total. The highest BCUT2D eigenvalue weighted by atomic mass is 16.5. The molecule has 0 unspecified atom stereocenters. The molecular weight excluding hydrogens is 224 g/mol. The molecule has 0 fully saturated rings. The van der Waals surface area contributed by atoms with Gasteiger partial charge in [0.05, 0.1) is 0 Å². The SMILES string of the molecule is OCC#Cc1ccccc1COc1ccccc1. The third-order valence-electron chi connectivity index (χ3n) is 2.46. The Bertz CT molecular complexity index is 550. The molecule has 0 heterocycles. The minimum atomic E-state index is -0.131. The van der Waals surface area contributed by atoms with E-state index in [1.807, 2.05) is 54.6 Å². The molecule has 0 amide bonds. The van der Waals surface area contributed by atoms with Crippen molar-refractivity contribution < 1.29 is 9.84 Å². The van der Waals surface area contributed by atoms with E-state index in [-0.39, 0.29) is 6.61 Å². The van der Waals surface area contributed by atoms with E-state index in [2.05, 4.69) is 11.8 Å². The Kier molecular flexibility index (Phi) is 4.40. The quantitative estimate of drug-likeness (QED) is 0.833. The zero-order valence-electron chi connectivity index (χ0n) is 9.97. The van der Waals surface area contributed by atoms with Crippen LogP contribution in [0.2, 0.25) is 0 Å². The second kappa shape index (κ2) is 6.48. The van der Waals surface area contributed by atoms with Crippen molar-refractivity contribution in [2.75, 3.05) is 6.61 Å². The summed E-state index contributed by atoms with van der Waals surface area (Å²) in [4.78, 5) is 0. The average Bonchev–Trinajstić information content (AvgIpc) is 2.45. The summed E-state index contributed by atoms with van der Waals surface area (Å²) in [6.07, 6.45) is 0. The average molecular weight is 238 g/mol. The van der Waals surface area contributed by atoms with Crippen molar-refractivity contribution in [2.45, 2.75) is 6.61 Å². The van der Waals surface area contributed by atoms with Crippen LogP contribution in [0.15, 0.2) is 54.6 Å². The second-order valence-corrected chi connectivity index (χ2v) is 3.72. The summed E-state index contributed by atoms with van der Waals surface area (Å²) in [7, 11) is 0. The van der Waals surface area contributed by atoms with Crippen molar-refractivity contribution in [3.05, 3.63) is 65.7 Å². The Morgan fingerprint density at radius 3 is 2.44 bits per heavy atom. The third-order valence-corrected chi connectivity index (χ3v) is 2.46. The zero-order valence-corrected chi connectivity index (χ0v) is 9.97. The molecule has 2 aromatic rings. The van der Waals surface area contributed by atoms with Crippen LogP contribution in [0.3, 0.4) is 0 Å². The molecule has 0 aliphatic carbocycles. The standard InChI is InChI=1S/C16H14O2/c17-12-6-9-14-7-4-5-8-15(14)13-18-16-10-2-1-3-11-16/h1-5,7-8,10-11,17H,12-13H2. The van der Waals surface area contributed by atoms with Gasteiger partial charge in [-0.2, -0.15) is 0 Å². The minimum Gasteiger partial charge on any atom is -0.489 e. The van der Waals surface area contributed by atoms with Crippen LogP contribution in [0, 0.1) is 11.8 Å². The number of hydrogen-bond donors (Lipinski definition) is 1. The first-order valence-corrected chi connectivity index (χ1v) is 5.75. The molecule has 0 bridgehead atoms. The molecule has 90 valence electrons. The van der Waals surface area contributed by atoms with Gasteiger partial charge in [-0.15, -0.1) is 0 Å². The fraction of sp³-hybridized carbons (Fsp3) is 0.125. The number of benzene rings is 2. The lowest BCUT2D eigenvalue weighted by Crippen LogP contribution is -1.98. The largest absolute Gasteiger partial charge is 0.489 e. The second-order valence-electron chi connectivity index (χ2n) is 3.72. The van der Waals surface area contributed by atoms with Crippen LogP contribution in [0.1, 0.15) is 11.1 Å². The van der Waals surface area contributed by atoms with Crippen LogP contribution in [0.4, 0.5) is 0 Å². The van der Waals surface area contributed by atoms with Crippen LogP contribution < -0.4 is 4.74 Å². The Morgan fingerprint density at radius 2 is 1.67 bits per heavy atom. The van der Waals surface area contributed by atoms with E-state index in [9.17, 15) is 0 Å². The normalized spacial score (nSPS) is 9.39. The van der Waals surface area contributed by atoms with Gasteiger partial charge in [0, 0.05) is 11.1 Å². The maximum atomic E-state index is 8.72. The van der Waals surface area contributed by atoms with Crippen LogP contribution in [0.25, 0.3) is 0 Å². The molecule has 0 aliphatic rings. The summed E-state index contributed by atoms with van der Waals surface area (Å²) in [5.74, 6) is 6.41. The van der Waals surface area contributed by atoms with Gasteiger partial charge in [0.25, 0.3) is 0 Å². The topological polar surface area (TPSA) is 29.5 Å². The number of para-hydroxylation sites is 1. The molecular formula is C16H14O2. The monoisotopic (exact) mass is 238 g/mol. The summed E-state index contributed by atoms with van der Waals surface area (Å²) in [5.41, 5.74) is 1.91. The molecule has 18 heavy (non-hydrogen) atoms. The first kappa shape index (κ1) is 12.2. The molecule has 2 heteroatoms. The highest BCUT2D eigenvalue weighted by Gasteiger charge is 2.00. The summed E-state index contributed by atoms with van der Waals surface area (Å²) in [6.45, 7) is 0.341. The summed E-state index contributed by atoms with van der Waals surface area (Å²) < 4.78 is 5.68. The van der Waals surface area contributed by atoms with Gasteiger partial charge in [-0.3, -0.25) is 0 Å². The molecule has 0 atom stereocenters. The number of hydrogen-bond acceptors (Lipinski definition) is 2. The minimum absolute atomic E-state index is 0.131. The van der Waals surface area contributed by atoms with Gasteiger partial charge in [0.1, 0.15) is 19.0 Å². The van der Waals surface area contributed by atoms with Crippen LogP contribution in [-0.2, 0) is 6.61 Å². The molecule has 0 aromatic heterocycles. The maximum Gasteiger partial charge on any atom is 0.119 e. The molecule has 0 spiro atoms. The first-order valence-electron chi connectivity index (χ1n) is 5.75. The predicted molar refractivity (Wildman–Crippen MR) is 71.2 cm³/mol. The fourth-order valence-electron chi connectivity index (χ4n) is 1.58. The maximum absolute atomic E-state index is 8.72. The molecule has 0 saturated carbocycles. The van der Waals surface area contributed by atoms with Gasteiger partial charge >= 0.3 is 0 Å². The Balaban J connectivity index is 2.09. The summed E-state index contributed by atoms with van der Waals surface area (Å²) in [5, 5.41) is 8.72. The Hall–Kier alpha value is -2.24. The van der Waals surface area contributed by atoms with E-state index in [4.69, 9.17) is 9.84 Å². The molecule has 2 aromatic carbocycles. The number of ether oxygens (including phenoxy) is 1. The molecule has 2 rings (SSSR count). The van der Waals surface area contributed by atoms with E-state index in [1.54, 1.807) is 0 Å². The lowest BCUT2D eigenvalue weighted by molar-refractivity contribution is 0.306. The highest BCUT2D eigenvalue weighted by Crippen LogP contribution is 2.13. The predicted octanol–water partition coefficient (Wildman–Crippen LogP) is 2.61. The lowest BCUT2D eigenvalue weighted by atomic mass is 10.1. The zero-order chi connectivity index (χ0) is 12.6. The van der Waals surface area contributed by atoms with Gasteiger partial charge in [-0.1, -0.05) is 48.2 Å². The van der Waals surface area contributed by atoms with E-state index in [0.29, 0.717) is 6.61 Å². The first-order chi connectivity index (χ1) is 8.90. The number of aliphatic hydroxyl groups excluding tert-OH is 1. The highest BCUT2D eigenvalue weighted by molar-refractivity contribution is 5.41.